The lowest BCUT2D eigenvalue weighted by Crippen LogP contribution is -2.41. The SMILES string of the molecule is O=C(CCCN1C(=O)c2cccc3cccc(c23)C1=O)Nc1cnc(-c2ccccc2)nc1. The molecule has 3 amide bonds. The number of imide groups is 1. The average Bonchev–Trinajstić information content (AvgIpc) is 2.85. The van der Waals surface area contributed by atoms with Gasteiger partial charge in [-0.05, 0) is 23.9 Å². The van der Waals surface area contributed by atoms with Gasteiger partial charge in [-0.1, -0.05) is 54.6 Å². The van der Waals surface area contributed by atoms with E-state index in [1.807, 2.05) is 54.6 Å². The quantitative estimate of drug-likeness (QED) is 0.455. The van der Waals surface area contributed by atoms with Crippen molar-refractivity contribution in [2.75, 3.05) is 11.9 Å². The second-order valence-corrected chi connectivity index (χ2v) is 7.78. The van der Waals surface area contributed by atoms with Crippen LogP contribution >= 0.6 is 0 Å². The fourth-order valence-electron chi connectivity index (χ4n) is 4.03. The summed E-state index contributed by atoms with van der Waals surface area (Å²) in [6.07, 6.45) is 3.62. The molecule has 1 N–H and O–H groups in total. The zero-order chi connectivity index (χ0) is 22.8. The number of aromatic nitrogens is 2. The Morgan fingerprint density at radius 2 is 1.45 bits per heavy atom. The Morgan fingerprint density at radius 1 is 0.818 bits per heavy atom. The largest absolute Gasteiger partial charge is 0.323 e. The number of hydrogen-bond donors (Lipinski definition) is 1. The van der Waals surface area contributed by atoms with E-state index in [0.29, 0.717) is 34.4 Å². The molecule has 162 valence electrons. The van der Waals surface area contributed by atoms with Crippen molar-refractivity contribution in [3.05, 3.63) is 90.3 Å². The molecule has 0 aliphatic carbocycles. The van der Waals surface area contributed by atoms with Gasteiger partial charge in [-0.15, -0.1) is 0 Å². The van der Waals surface area contributed by atoms with Crippen LogP contribution in [-0.4, -0.2) is 39.1 Å². The molecule has 1 aliphatic heterocycles. The van der Waals surface area contributed by atoms with Crippen LogP contribution in [-0.2, 0) is 4.79 Å². The van der Waals surface area contributed by atoms with Crippen LogP contribution in [0.5, 0.6) is 0 Å². The van der Waals surface area contributed by atoms with Gasteiger partial charge in [0, 0.05) is 35.0 Å². The smallest absolute Gasteiger partial charge is 0.261 e. The van der Waals surface area contributed by atoms with Gasteiger partial charge in [-0.3, -0.25) is 19.3 Å². The molecule has 2 heterocycles. The average molecular weight is 436 g/mol. The lowest BCUT2D eigenvalue weighted by atomic mass is 9.94. The first-order valence-electron chi connectivity index (χ1n) is 10.7. The Kier molecular flexibility index (Phi) is 5.36. The number of carbonyl (C=O) groups is 3. The topological polar surface area (TPSA) is 92.3 Å². The number of amides is 3. The first-order chi connectivity index (χ1) is 16.1. The number of carbonyl (C=O) groups excluding carboxylic acids is 3. The summed E-state index contributed by atoms with van der Waals surface area (Å²) in [5, 5.41) is 4.32. The van der Waals surface area contributed by atoms with E-state index in [1.165, 1.54) is 4.90 Å². The van der Waals surface area contributed by atoms with E-state index in [9.17, 15) is 14.4 Å². The number of anilines is 1. The summed E-state index contributed by atoms with van der Waals surface area (Å²) in [5.74, 6) is -0.305. The highest BCUT2D eigenvalue weighted by Crippen LogP contribution is 2.30. The van der Waals surface area contributed by atoms with Crippen molar-refractivity contribution in [1.82, 2.24) is 14.9 Å². The Labute approximate surface area is 190 Å². The predicted molar refractivity (Wildman–Crippen MR) is 125 cm³/mol. The maximum absolute atomic E-state index is 12.9. The third-order valence-corrected chi connectivity index (χ3v) is 5.61. The van der Waals surface area contributed by atoms with Crippen molar-refractivity contribution in [1.29, 1.82) is 0 Å². The minimum Gasteiger partial charge on any atom is -0.323 e. The van der Waals surface area contributed by atoms with Gasteiger partial charge in [0.25, 0.3) is 11.8 Å². The highest BCUT2D eigenvalue weighted by atomic mass is 16.2. The Bertz CT molecular complexity index is 1320. The van der Waals surface area contributed by atoms with E-state index < -0.39 is 0 Å². The Morgan fingerprint density at radius 3 is 2.09 bits per heavy atom. The molecule has 1 aromatic heterocycles. The summed E-state index contributed by atoms with van der Waals surface area (Å²) in [4.78, 5) is 48.0. The molecule has 33 heavy (non-hydrogen) atoms. The number of nitrogens with zero attached hydrogens (tertiary/aromatic N) is 3. The van der Waals surface area contributed by atoms with Gasteiger partial charge >= 0.3 is 0 Å². The molecule has 0 unspecified atom stereocenters. The van der Waals surface area contributed by atoms with Crippen molar-refractivity contribution < 1.29 is 14.4 Å². The summed E-state index contributed by atoms with van der Waals surface area (Å²) in [6, 6.07) is 20.4. The van der Waals surface area contributed by atoms with Gasteiger partial charge in [-0.25, -0.2) is 9.97 Å². The van der Waals surface area contributed by atoms with Gasteiger partial charge in [0.05, 0.1) is 18.1 Å². The Balaban J connectivity index is 1.20. The van der Waals surface area contributed by atoms with Gasteiger partial charge in [0.15, 0.2) is 5.82 Å². The number of hydrogen-bond acceptors (Lipinski definition) is 5. The second kappa shape index (κ2) is 8.63. The third-order valence-electron chi connectivity index (χ3n) is 5.61. The lowest BCUT2D eigenvalue weighted by Gasteiger charge is -2.27. The summed E-state index contributed by atoms with van der Waals surface area (Å²) in [6.45, 7) is 0.166. The fraction of sp³-hybridized carbons (Fsp3) is 0.115. The molecule has 3 aromatic carbocycles. The number of rotatable bonds is 6. The summed E-state index contributed by atoms with van der Waals surface area (Å²) >= 11 is 0. The highest BCUT2D eigenvalue weighted by molar-refractivity contribution is 6.25. The molecular formula is C26H20N4O3. The van der Waals surface area contributed by atoms with Crippen LogP contribution < -0.4 is 5.32 Å². The van der Waals surface area contributed by atoms with Crippen molar-refractivity contribution in [2.45, 2.75) is 12.8 Å². The molecule has 0 fully saturated rings. The third kappa shape index (κ3) is 3.96. The minimum absolute atomic E-state index is 0.156. The summed E-state index contributed by atoms with van der Waals surface area (Å²) in [7, 11) is 0. The van der Waals surface area contributed by atoms with E-state index >= 15 is 0 Å². The van der Waals surface area contributed by atoms with Crippen LogP contribution in [0.15, 0.2) is 79.1 Å². The van der Waals surface area contributed by atoms with Gasteiger partial charge in [0.1, 0.15) is 0 Å². The van der Waals surface area contributed by atoms with Crippen LogP contribution in [0.4, 0.5) is 5.69 Å². The van der Waals surface area contributed by atoms with Crippen molar-refractivity contribution in [3.63, 3.8) is 0 Å². The monoisotopic (exact) mass is 436 g/mol. The molecule has 0 radical (unpaired) electrons. The number of benzene rings is 3. The lowest BCUT2D eigenvalue weighted by molar-refractivity contribution is -0.116. The fourth-order valence-corrected chi connectivity index (χ4v) is 4.03. The molecule has 7 heteroatoms. The van der Waals surface area contributed by atoms with Crippen LogP contribution in [0, 0.1) is 0 Å². The normalized spacial score (nSPS) is 12.8. The van der Waals surface area contributed by atoms with Crippen molar-refractivity contribution in [2.24, 2.45) is 0 Å². The van der Waals surface area contributed by atoms with Crippen molar-refractivity contribution >= 4 is 34.2 Å². The maximum Gasteiger partial charge on any atom is 0.261 e. The van der Waals surface area contributed by atoms with E-state index in [1.54, 1.807) is 24.5 Å². The van der Waals surface area contributed by atoms with Gasteiger partial charge in [-0.2, -0.15) is 0 Å². The molecule has 4 aromatic rings. The Hall–Kier alpha value is -4.39. The second-order valence-electron chi connectivity index (χ2n) is 7.78. The molecule has 0 saturated carbocycles. The molecule has 1 aliphatic rings. The first-order valence-corrected chi connectivity index (χ1v) is 10.7. The van der Waals surface area contributed by atoms with Crippen LogP contribution in [0.2, 0.25) is 0 Å². The van der Waals surface area contributed by atoms with E-state index in [-0.39, 0.29) is 30.7 Å². The van der Waals surface area contributed by atoms with E-state index in [4.69, 9.17) is 0 Å². The van der Waals surface area contributed by atoms with Crippen LogP contribution in [0.1, 0.15) is 33.6 Å². The van der Waals surface area contributed by atoms with Gasteiger partial charge in [0.2, 0.25) is 5.91 Å². The minimum atomic E-state index is -0.324. The van der Waals surface area contributed by atoms with Gasteiger partial charge < -0.3 is 5.32 Å². The first kappa shape index (κ1) is 20.5. The molecule has 7 nitrogen and oxygen atoms in total. The van der Waals surface area contributed by atoms with E-state index in [2.05, 4.69) is 15.3 Å². The zero-order valence-electron chi connectivity index (χ0n) is 17.7. The molecular weight excluding hydrogens is 416 g/mol. The molecule has 0 atom stereocenters. The highest BCUT2D eigenvalue weighted by Gasteiger charge is 2.32. The number of nitrogens with one attached hydrogen (secondary N) is 1. The summed E-state index contributed by atoms with van der Waals surface area (Å²) < 4.78 is 0. The van der Waals surface area contributed by atoms with Crippen LogP contribution in [0.25, 0.3) is 22.2 Å². The molecule has 0 bridgehead atoms. The predicted octanol–water partition coefficient (Wildman–Crippen LogP) is 4.31. The molecule has 0 spiro atoms. The van der Waals surface area contributed by atoms with Crippen molar-refractivity contribution in [3.8, 4) is 11.4 Å². The standard InChI is InChI=1S/C26H20N4O3/c31-22(29-19-15-27-24(28-16-19)18-7-2-1-3-8-18)13-6-14-30-25(32)20-11-4-9-17-10-5-12-21(23(17)20)26(30)33/h1-5,7-12,15-16H,6,13-14H2,(H,29,31). The zero-order valence-corrected chi connectivity index (χ0v) is 17.7. The molecule has 0 saturated heterocycles. The molecule has 5 rings (SSSR count). The maximum atomic E-state index is 12.9. The summed E-state index contributed by atoms with van der Waals surface area (Å²) in [5.41, 5.74) is 2.42. The van der Waals surface area contributed by atoms with E-state index in [0.717, 1.165) is 10.9 Å². The van der Waals surface area contributed by atoms with Crippen LogP contribution in [0.3, 0.4) is 0 Å².